The predicted molar refractivity (Wildman–Crippen MR) is 71.6 cm³/mol. The molecule has 0 aliphatic carbocycles. The van der Waals surface area contributed by atoms with Crippen LogP contribution >= 0.6 is 23.2 Å². The Hall–Kier alpha value is -1.17. The zero-order chi connectivity index (χ0) is 14.4. The van der Waals surface area contributed by atoms with Crippen LogP contribution in [0.3, 0.4) is 0 Å². The minimum atomic E-state index is -1.20. The summed E-state index contributed by atoms with van der Waals surface area (Å²) in [5.74, 6) is -0.284. The molecule has 0 aliphatic heterocycles. The lowest BCUT2D eigenvalue weighted by atomic mass is 10.1. The first kappa shape index (κ1) is 15.9. The van der Waals surface area contributed by atoms with Crippen LogP contribution in [0.1, 0.15) is 11.7 Å². The molecule has 0 aromatic heterocycles. The van der Waals surface area contributed by atoms with E-state index in [1.165, 1.54) is 20.3 Å². The van der Waals surface area contributed by atoms with E-state index in [0.29, 0.717) is 5.75 Å². The Balaban J connectivity index is 3.20. The van der Waals surface area contributed by atoms with Gasteiger partial charge in [0, 0.05) is 11.4 Å². The van der Waals surface area contributed by atoms with Crippen LogP contribution in [-0.2, 0) is 9.53 Å². The highest BCUT2D eigenvalue weighted by molar-refractivity contribution is 6.33. The SMILES string of the molecule is COc1ccc(C(OCCCl)C(=O)O)c(Cl)c1OC. The van der Waals surface area contributed by atoms with Gasteiger partial charge in [-0.2, -0.15) is 0 Å². The van der Waals surface area contributed by atoms with Gasteiger partial charge in [-0.05, 0) is 6.07 Å². The molecule has 1 N–H and O–H groups in total. The van der Waals surface area contributed by atoms with Gasteiger partial charge in [-0.1, -0.05) is 17.7 Å². The van der Waals surface area contributed by atoms with Crippen LogP contribution in [0.2, 0.25) is 5.02 Å². The molecule has 0 radical (unpaired) electrons. The maximum Gasteiger partial charge on any atom is 0.337 e. The molecule has 1 unspecified atom stereocenters. The number of methoxy groups -OCH3 is 2. The van der Waals surface area contributed by atoms with E-state index in [2.05, 4.69) is 0 Å². The van der Waals surface area contributed by atoms with Crippen molar-refractivity contribution in [1.82, 2.24) is 0 Å². The van der Waals surface area contributed by atoms with Crippen LogP contribution in [0.25, 0.3) is 0 Å². The van der Waals surface area contributed by atoms with E-state index in [1.807, 2.05) is 0 Å². The molecule has 0 heterocycles. The zero-order valence-electron chi connectivity index (χ0n) is 10.5. The van der Waals surface area contributed by atoms with Gasteiger partial charge in [-0.15, -0.1) is 11.6 Å². The summed E-state index contributed by atoms with van der Waals surface area (Å²) in [6.07, 6.45) is -1.20. The fourth-order valence-corrected chi connectivity index (χ4v) is 1.98. The van der Waals surface area contributed by atoms with Crippen molar-refractivity contribution in [3.8, 4) is 11.5 Å². The molecule has 1 aromatic carbocycles. The van der Waals surface area contributed by atoms with Gasteiger partial charge in [0.2, 0.25) is 0 Å². The second kappa shape index (κ2) is 7.43. The van der Waals surface area contributed by atoms with E-state index >= 15 is 0 Å². The van der Waals surface area contributed by atoms with Crippen LogP contribution in [0.4, 0.5) is 0 Å². The Morgan fingerprint density at radius 1 is 1.37 bits per heavy atom. The van der Waals surface area contributed by atoms with Gasteiger partial charge in [0.25, 0.3) is 0 Å². The van der Waals surface area contributed by atoms with Gasteiger partial charge in [-0.25, -0.2) is 4.79 Å². The maximum absolute atomic E-state index is 11.2. The number of carbonyl (C=O) groups is 1. The standard InChI is InChI=1S/C12H14Cl2O5/c1-17-8-4-3-7(9(14)11(8)18-2)10(12(15)16)19-6-5-13/h3-4,10H,5-6H2,1-2H3,(H,15,16). The highest BCUT2D eigenvalue weighted by Crippen LogP contribution is 2.40. The second-order valence-electron chi connectivity index (χ2n) is 3.48. The quantitative estimate of drug-likeness (QED) is 0.785. The van der Waals surface area contributed by atoms with Crippen molar-refractivity contribution in [3.05, 3.63) is 22.7 Å². The molecule has 0 saturated heterocycles. The molecule has 106 valence electrons. The summed E-state index contributed by atoms with van der Waals surface area (Å²) < 4.78 is 15.4. The smallest absolute Gasteiger partial charge is 0.337 e. The maximum atomic E-state index is 11.2. The summed E-state index contributed by atoms with van der Waals surface area (Å²) >= 11 is 11.6. The monoisotopic (exact) mass is 308 g/mol. The summed E-state index contributed by atoms with van der Waals surface area (Å²) in [7, 11) is 2.88. The lowest BCUT2D eigenvalue weighted by Gasteiger charge is -2.17. The molecule has 0 bridgehead atoms. The third-order valence-electron chi connectivity index (χ3n) is 2.38. The van der Waals surface area contributed by atoms with E-state index in [0.717, 1.165) is 0 Å². The topological polar surface area (TPSA) is 65.0 Å². The highest BCUT2D eigenvalue weighted by Gasteiger charge is 2.26. The molecule has 5 nitrogen and oxygen atoms in total. The Bertz CT molecular complexity index is 450. The molecule has 19 heavy (non-hydrogen) atoms. The Kier molecular flexibility index (Phi) is 6.21. The van der Waals surface area contributed by atoms with E-state index < -0.39 is 12.1 Å². The number of carboxylic acid groups (broad SMARTS) is 1. The minimum absolute atomic E-state index is 0.100. The Morgan fingerprint density at radius 3 is 2.53 bits per heavy atom. The van der Waals surface area contributed by atoms with Crippen molar-refractivity contribution < 1.29 is 24.1 Å². The van der Waals surface area contributed by atoms with Gasteiger partial charge in [0.05, 0.1) is 25.8 Å². The zero-order valence-corrected chi connectivity index (χ0v) is 12.0. The fraction of sp³-hybridized carbons (Fsp3) is 0.417. The van der Waals surface area contributed by atoms with Crippen molar-refractivity contribution in [3.63, 3.8) is 0 Å². The molecule has 7 heteroatoms. The molecular weight excluding hydrogens is 295 g/mol. The van der Waals surface area contributed by atoms with Gasteiger partial charge in [0.15, 0.2) is 17.6 Å². The summed E-state index contributed by atoms with van der Waals surface area (Å²) in [5.41, 5.74) is 0.289. The van der Waals surface area contributed by atoms with E-state index in [4.69, 9.17) is 42.5 Å². The molecule has 0 fully saturated rings. The Morgan fingerprint density at radius 2 is 2.05 bits per heavy atom. The lowest BCUT2D eigenvalue weighted by molar-refractivity contribution is -0.150. The molecule has 0 aliphatic rings. The summed E-state index contributed by atoms with van der Waals surface area (Å²) in [6, 6.07) is 3.09. The number of aliphatic carboxylic acids is 1. The van der Waals surface area contributed by atoms with Crippen LogP contribution in [-0.4, -0.2) is 37.8 Å². The third kappa shape index (κ3) is 3.65. The first-order valence-electron chi connectivity index (χ1n) is 5.37. The lowest BCUT2D eigenvalue weighted by Crippen LogP contribution is -2.17. The highest BCUT2D eigenvalue weighted by atomic mass is 35.5. The van der Waals surface area contributed by atoms with Crippen LogP contribution < -0.4 is 9.47 Å². The second-order valence-corrected chi connectivity index (χ2v) is 4.24. The number of rotatable bonds is 7. The molecule has 1 atom stereocenters. The van der Waals surface area contributed by atoms with Crippen LogP contribution in [0.5, 0.6) is 11.5 Å². The van der Waals surface area contributed by atoms with Crippen LogP contribution in [0, 0.1) is 0 Å². The van der Waals surface area contributed by atoms with E-state index in [-0.39, 0.29) is 28.8 Å². The van der Waals surface area contributed by atoms with Crippen molar-refractivity contribution in [2.75, 3.05) is 26.7 Å². The van der Waals surface area contributed by atoms with Gasteiger partial charge >= 0.3 is 5.97 Å². The molecule has 0 spiro atoms. The molecule has 0 saturated carbocycles. The normalized spacial score (nSPS) is 12.0. The summed E-state index contributed by atoms with van der Waals surface area (Å²) in [5, 5.41) is 9.31. The number of benzene rings is 1. The van der Waals surface area contributed by atoms with Crippen molar-refractivity contribution in [2.45, 2.75) is 6.10 Å². The van der Waals surface area contributed by atoms with E-state index in [9.17, 15) is 4.79 Å². The third-order valence-corrected chi connectivity index (χ3v) is 2.93. The fourth-order valence-electron chi connectivity index (χ4n) is 1.56. The Labute approximate surface area is 121 Å². The van der Waals surface area contributed by atoms with Crippen molar-refractivity contribution in [2.24, 2.45) is 0 Å². The molecule has 0 amide bonds. The summed E-state index contributed by atoms with van der Waals surface area (Å²) in [6.45, 7) is 0.100. The number of hydrogen-bond donors (Lipinski definition) is 1. The predicted octanol–water partition coefficient (Wildman–Crippen LogP) is 2.74. The number of alkyl halides is 1. The van der Waals surface area contributed by atoms with Gasteiger partial charge in [0.1, 0.15) is 0 Å². The number of carboxylic acids is 1. The summed E-state index contributed by atoms with van der Waals surface area (Å²) in [4.78, 5) is 11.2. The largest absolute Gasteiger partial charge is 0.493 e. The average molecular weight is 309 g/mol. The number of hydrogen-bond acceptors (Lipinski definition) is 4. The van der Waals surface area contributed by atoms with E-state index in [1.54, 1.807) is 6.07 Å². The first-order valence-corrected chi connectivity index (χ1v) is 6.28. The van der Waals surface area contributed by atoms with Gasteiger partial charge in [-0.3, -0.25) is 0 Å². The number of ether oxygens (including phenoxy) is 3. The first-order chi connectivity index (χ1) is 9.06. The molecular formula is C12H14Cl2O5. The van der Waals surface area contributed by atoms with Crippen molar-refractivity contribution in [1.29, 1.82) is 0 Å². The average Bonchev–Trinajstić information content (AvgIpc) is 2.39. The minimum Gasteiger partial charge on any atom is -0.493 e. The van der Waals surface area contributed by atoms with Crippen molar-refractivity contribution >= 4 is 29.2 Å². The van der Waals surface area contributed by atoms with Gasteiger partial charge < -0.3 is 19.3 Å². The molecule has 1 rings (SSSR count). The van der Waals surface area contributed by atoms with Crippen LogP contribution in [0.15, 0.2) is 12.1 Å². The number of halogens is 2. The molecule has 1 aromatic rings.